The van der Waals surface area contributed by atoms with E-state index in [2.05, 4.69) is 4.98 Å². The number of carbonyl (C=O) groups is 1. The van der Waals surface area contributed by atoms with E-state index in [0.29, 0.717) is 12.2 Å². The first kappa shape index (κ1) is 13.2. The average molecular weight is 264 g/mol. The summed E-state index contributed by atoms with van der Waals surface area (Å²) in [6.07, 6.45) is 1.56. The van der Waals surface area contributed by atoms with Crippen LogP contribution in [-0.4, -0.2) is 30.1 Å². The Balaban J connectivity index is 2.20. The third-order valence-corrected chi connectivity index (χ3v) is 2.68. The molecule has 1 aromatic heterocycles. The van der Waals surface area contributed by atoms with E-state index in [-0.39, 0.29) is 11.5 Å². The van der Waals surface area contributed by atoms with Gasteiger partial charge in [-0.3, -0.25) is 9.63 Å². The van der Waals surface area contributed by atoms with Crippen LogP contribution in [0.25, 0.3) is 0 Å². The number of benzene rings is 1. The molecular weight excluding hydrogens is 251 g/mol. The Bertz CT molecular complexity index is 566. The maximum Gasteiger partial charge on any atom is 0.299 e. The first-order chi connectivity index (χ1) is 9.11. The fourth-order valence-corrected chi connectivity index (χ4v) is 1.59. The fourth-order valence-electron chi connectivity index (χ4n) is 1.59. The summed E-state index contributed by atoms with van der Waals surface area (Å²) in [5.41, 5.74) is 1.01. The van der Waals surface area contributed by atoms with Gasteiger partial charge in [-0.1, -0.05) is 12.1 Å². The predicted molar refractivity (Wildman–Crippen MR) is 64.8 cm³/mol. The zero-order chi connectivity index (χ0) is 13.8. The van der Waals surface area contributed by atoms with Crippen LogP contribution in [0, 0.1) is 5.82 Å². The fraction of sp³-hybridized carbons (Fsp3) is 0.231. The lowest BCUT2D eigenvalue weighted by Crippen LogP contribution is -2.26. The minimum atomic E-state index is -0.395. The molecule has 0 saturated carbocycles. The van der Waals surface area contributed by atoms with Crippen molar-refractivity contribution in [3.05, 3.63) is 53.5 Å². The lowest BCUT2D eigenvalue weighted by atomic mass is 10.1. The Morgan fingerprint density at radius 3 is 2.74 bits per heavy atom. The molecular formula is C13H13FN2O3. The van der Waals surface area contributed by atoms with Crippen LogP contribution in [0.2, 0.25) is 0 Å². The number of oxazole rings is 1. The Hall–Kier alpha value is -2.21. The number of nitrogens with zero attached hydrogens (tertiary/aromatic N) is 2. The number of carbonyl (C=O) groups excluding carboxylic acids is 1. The van der Waals surface area contributed by atoms with E-state index < -0.39 is 5.91 Å². The number of hydrogen-bond acceptors (Lipinski definition) is 4. The molecule has 1 amide bonds. The molecule has 6 heteroatoms. The molecule has 0 spiro atoms. The first-order valence-electron chi connectivity index (χ1n) is 5.60. The minimum Gasteiger partial charge on any atom is -0.447 e. The molecule has 19 heavy (non-hydrogen) atoms. The van der Waals surface area contributed by atoms with Gasteiger partial charge in [-0.2, -0.15) is 0 Å². The molecule has 0 bridgehead atoms. The summed E-state index contributed by atoms with van der Waals surface area (Å²) in [5.74, 6) is -0.286. The van der Waals surface area contributed by atoms with Crippen LogP contribution in [0.3, 0.4) is 0 Å². The van der Waals surface area contributed by atoms with Gasteiger partial charge in [-0.15, -0.1) is 0 Å². The van der Waals surface area contributed by atoms with Crippen LogP contribution < -0.4 is 0 Å². The van der Waals surface area contributed by atoms with Crippen molar-refractivity contribution < 1.29 is 18.4 Å². The third-order valence-electron chi connectivity index (χ3n) is 2.68. The largest absolute Gasteiger partial charge is 0.447 e. The molecule has 0 radical (unpaired) electrons. The van der Waals surface area contributed by atoms with E-state index in [1.165, 1.54) is 32.7 Å². The van der Waals surface area contributed by atoms with Crippen molar-refractivity contribution in [2.75, 3.05) is 14.2 Å². The molecule has 100 valence electrons. The van der Waals surface area contributed by atoms with E-state index in [1.807, 2.05) is 0 Å². The monoisotopic (exact) mass is 264 g/mol. The topological polar surface area (TPSA) is 55.6 Å². The molecule has 0 aliphatic carbocycles. The number of halogens is 1. The molecule has 0 aliphatic heterocycles. The van der Waals surface area contributed by atoms with Crippen LogP contribution in [-0.2, 0) is 11.3 Å². The maximum atomic E-state index is 12.8. The Labute approximate surface area is 109 Å². The molecule has 0 N–H and O–H groups in total. The van der Waals surface area contributed by atoms with Crippen LogP contribution >= 0.6 is 0 Å². The summed E-state index contributed by atoms with van der Waals surface area (Å²) >= 11 is 0. The van der Waals surface area contributed by atoms with Gasteiger partial charge >= 0.3 is 0 Å². The highest BCUT2D eigenvalue weighted by atomic mass is 19.1. The first-order valence-corrected chi connectivity index (χ1v) is 5.60. The summed E-state index contributed by atoms with van der Waals surface area (Å²) in [6.45, 7) is 0. The molecule has 0 aliphatic rings. The van der Waals surface area contributed by atoms with Crippen molar-refractivity contribution in [1.82, 2.24) is 10.0 Å². The third kappa shape index (κ3) is 2.97. The van der Waals surface area contributed by atoms with Crippen molar-refractivity contribution in [3.63, 3.8) is 0 Å². The number of amides is 1. The highest BCUT2D eigenvalue weighted by Gasteiger charge is 2.20. The summed E-state index contributed by atoms with van der Waals surface area (Å²) in [6, 6.07) is 5.97. The van der Waals surface area contributed by atoms with E-state index in [4.69, 9.17) is 9.25 Å². The van der Waals surface area contributed by atoms with E-state index >= 15 is 0 Å². The van der Waals surface area contributed by atoms with Crippen LogP contribution in [0.15, 0.2) is 35.1 Å². The van der Waals surface area contributed by atoms with Gasteiger partial charge in [-0.05, 0) is 17.7 Å². The van der Waals surface area contributed by atoms with Crippen molar-refractivity contribution in [1.29, 1.82) is 0 Å². The van der Waals surface area contributed by atoms with E-state index in [1.54, 1.807) is 12.1 Å². The molecule has 0 unspecified atom stereocenters. The second-order valence-electron chi connectivity index (χ2n) is 3.91. The van der Waals surface area contributed by atoms with Crippen molar-refractivity contribution >= 4 is 5.91 Å². The van der Waals surface area contributed by atoms with E-state index in [0.717, 1.165) is 10.6 Å². The Morgan fingerprint density at radius 1 is 1.42 bits per heavy atom. The minimum absolute atomic E-state index is 0.189. The van der Waals surface area contributed by atoms with Crippen LogP contribution in [0.1, 0.15) is 21.8 Å². The van der Waals surface area contributed by atoms with Gasteiger partial charge < -0.3 is 4.42 Å². The van der Waals surface area contributed by atoms with Gasteiger partial charge in [0.15, 0.2) is 12.1 Å². The molecule has 0 saturated heterocycles. The van der Waals surface area contributed by atoms with Gasteiger partial charge in [0, 0.05) is 13.5 Å². The van der Waals surface area contributed by atoms with Gasteiger partial charge in [0.25, 0.3) is 5.91 Å². The van der Waals surface area contributed by atoms with Crippen LogP contribution in [0.4, 0.5) is 4.39 Å². The molecule has 2 aromatic rings. The van der Waals surface area contributed by atoms with Gasteiger partial charge in [0.1, 0.15) is 11.6 Å². The van der Waals surface area contributed by atoms with Crippen molar-refractivity contribution in [2.45, 2.75) is 6.42 Å². The predicted octanol–water partition coefficient (Wildman–Crippen LogP) is 2.04. The molecule has 5 nitrogen and oxygen atoms in total. The summed E-state index contributed by atoms with van der Waals surface area (Å²) in [4.78, 5) is 20.6. The highest BCUT2D eigenvalue weighted by molar-refractivity contribution is 5.92. The van der Waals surface area contributed by atoms with Crippen LogP contribution in [0.5, 0.6) is 0 Å². The lowest BCUT2D eigenvalue weighted by molar-refractivity contribution is -0.0761. The highest BCUT2D eigenvalue weighted by Crippen LogP contribution is 2.15. The average Bonchev–Trinajstić information content (AvgIpc) is 2.87. The number of hydroxylamine groups is 2. The molecule has 2 rings (SSSR count). The van der Waals surface area contributed by atoms with Crippen molar-refractivity contribution in [2.24, 2.45) is 0 Å². The van der Waals surface area contributed by atoms with E-state index in [9.17, 15) is 9.18 Å². The molecule has 0 fully saturated rings. The van der Waals surface area contributed by atoms with Crippen molar-refractivity contribution in [3.8, 4) is 0 Å². The number of rotatable bonds is 4. The van der Waals surface area contributed by atoms with Gasteiger partial charge in [-0.25, -0.2) is 14.4 Å². The maximum absolute atomic E-state index is 12.8. The molecule has 1 heterocycles. The summed E-state index contributed by atoms with van der Waals surface area (Å²) in [5, 5.41) is 1.06. The normalized spacial score (nSPS) is 10.5. The zero-order valence-corrected chi connectivity index (χ0v) is 10.6. The summed E-state index contributed by atoms with van der Waals surface area (Å²) < 4.78 is 18.0. The SMILES string of the molecule is CON(C)C(=O)c1ncoc1Cc1ccc(F)cc1. The van der Waals surface area contributed by atoms with Gasteiger partial charge in [0.05, 0.1) is 7.11 Å². The molecule has 0 atom stereocenters. The standard InChI is InChI=1S/C13H13FN2O3/c1-16(18-2)13(17)12-11(19-8-15-12)7-9-3-5-10(14)6-4-9/h3-6,8H,7H2,1-2H3. The number of aromatic nitrogens is 1. The smallest absolute Gasteiger partial charge is 0.299 e. The zero-order valence-electron chi connectivity index (χ0n) is 10.6. The Morgan fingerprint density at radius 2 is 2.11 bits per heavy atom. The summed E-state index contributed by atoms with van der Waals surface area (Å²) in [7, 11) is 2.87. The van der Waals surface area contributed by atoms with Gasteiger partial charge in [0.2, 0.25) is 0 Å². The molecule has 1 aromatic carbocycles. The second-order valence-corrected chi connectivity index (χ2v) is 3.91. The Kier molecular flexibility index (Phi) is 3.91. The lowest BCUT2D eigenvalue weighted by Gasteiger charge is -2.12. The number of hydrogen-bond donors (Lipinski definition) is 0. The quantitative estimate of drug-likeness (QED) is 0.793. The second kappa shape index (κ2) is 5.62.